The van der Waals surface area contributed by atoms with Crippen molar-refractivity contribution in [3.8, 4) is 0 Å². The number of aromatic amines is 1. The van der Waals surface area contributed by atoms with Crippen LogP contribution in [0.1, 0.15) is 5.56 Å². The van der Waals surface area contributed by atoms with E-state index in [1.807, 2.05) is 18.5 Å². The summed E-state index contributed by atoms with van der Waals surface area (Å²) in [6.07, 6.45) is 3.87. The quantitative estimate of drug-likeness (QED) is 0.533. The summed E-state index contributed by atoms with van der Waals surface area (Å²) < 4.78 is 0. The summed E-state index contributed by atoms with van der Waals surface area (Å²) in [6.45, 7) is 2.05. The predicted octanol–water partition coefficient (Wildman–Crippen LogP) is 1.74. The number of halogens is 1. The van der Waals surface area contributed by atoms with Crippen LogP contribution in [0.4, 0.5) is 0 Å². The molecule has 0 amide bonds. The van der Waals surface area contributed by atoms with Crippen molar-refractivity contribution in [1.29, 1.82) is 0 Å². The number of H-pyrrole nitrogens is 1. The lowest BCUT2D eigenvalue weighted by atomic mass is 10.4. The van der Waals surface area contributed by atoms with E-state index in [9.17, 15) is 0 Å². The van der Waals surface area contributed by atoms with E-state index in [-0.39, 0.29) is 12.4 Å². The van der Waals surface area contributed by atoms with Crippen LogP contribution in [-0.2, 0) is 0 Å². The topological polar surface area (TPSA) is 15.8 Å². The lowest BCUT2D eigenvalue weighted by Gasteiger charge is -1.65. The maximum absolute atomic E-state index is 2.93. The molecule has 0 fully saturated rings. The van der Waals surface area contributed by atoms with Gasteiger partial charge in [-0.2, -0.15) is 0 Å². The molecule has 1 heterocycles. The number of aromatic nitrogens is 1. The van der Waals surface area contributed by atoms with Gasteiger partial charge in [-0.1, -0.05) is 0 Å². The van der Waals surface area contributed by atoms with Crippen molar-refractivity contribution in [2.24, 2.45) is 0 Å². The van der Waals surface area contributed by atoms with Crippen molar-refractivity contribution in [2.45, 2.75) is 6.92 Å². The van der Waals surface area contributed by atoms with Crippen molar-refractivity contribution in [2.75, 3.05) is 0 Å². The van der Waals surface area contributed by atoms with Gasteiger partial charge in [-0.15, -0.1) is 12.4 Å². The van der Waals surface area contributed by atoms with Crippen LogP contribution in [-0.4, -0.2) is 4.98 Å². The molecular weight excluding hydrogens is 110 g/mol. The van der Waals surface area contributed by atoms with E-state index in [1.165, 1.54) is 5.56 Å². The summed E-state index contributed by atoms with van der Waals surface area (Å²) in [6, 6.07) is 2.03. The summed E-state index contributed by atoms with van der Waals surface area (Å²) >= 11 is 0. The van der Waals surface area contributed by atoms with Crippen LogP contribution in [0.25, 0.3) is 0 Å². The third-order valence-electron chi connectivity index (χ3n) is 0.753. The zero-order valence-corrected chi connectivity index (χ0v) is 4.96. The first-order valence-corrected chi connectivity index (χ1v) is 1.99. The minimum absolute atomic E-state index is 0. The highest BCUT2D eigenvalue weighted by atomic mass is 35.5. The van der Waals surface area contributed by atoms with Crippen molar-refractivity contribution in [3.05, 3.63) is 24.0 Å². The molecule has 0 aliphatic carbocycles. The summed E-state index contributed by atoms with van der Waals surface area (Å²) in [4.78, 5) is 2.93. The molecule has 0 saturated heterocycles. The zero-order valence-electron chi connectivity index (χ0n) is 4.14. The van der Waals surface area contributed by atoms with Crippen LogP contribution in [0.15, 0.2) is 18.5 Å². The Morgan fingerprint density at radius 1 is 1.57 bits per heavy atom. The fourth-order valence-electron chi connectivity index (χ4n) is 0.407. The molecule has 0 spiro atoms. The monoisotopic (exact) mass is 117 g/mol. The molecule has 0 radical (unpaired) electrons. The van der Waals surface area contributed by atoms with Crippen LogP contribution in [0.2, 0.25) is 0 Å². The molecule has 0 atom stereocenters. The smallest absolute Gasteiger partial charge is 0.00345 e. The Morgan fingerprint density at radius 2 is 2.29 bits per heavy atom. The molecular formula is C5H8ClN. The highest BCUT2D eigenvalue weighted by Gasteiger charge is 1.73. The van der Waals surface area contributed by atoms with E-state index in [4.69, 9.17) is 0 Å². The van der Waals surface area contributed by atoms with E-state index < -0.39 is 0 Å². The summed E-state index contributed by atoms with van der Waals surface area (Å²) in [5, 5.41) is 0. The number of rotatable bonds is 0. The average Bonchev–Trinajstić information content (AvgIpc) is 1.86. The largest absolute Gasteiger partial charge is 0.367 e. The fraction of sp³-hybridized carbons (Fsp3) is 0.200. The van der Waals surface area contributed by atoms with Crippen LogP contribution in [0, 0.1) is 6.92 Å². The van der Waals surface area contributed by atoms with Gasteiger partial charge in [-0.05, 0) is 18.6 Å². The second-order valence-electron chi connectivity index (χ2n) is 1.39. The van der Waals surface area contributed by atoms with Crippen molar-refractivity contribution >= 4 is 12.4 Å². The first kappa shape index (κ1) is 6.57. The molecule has 1 aromatic rings. The minimum Gasteiger partial charge on any atom is -0.367 e. The third kappa shape index (κ3) is 1.64. The van der Waals surface area contributed by atoms with Crippen LogP contribution in [0.5, 0.6) is 0 Å². The van der Waals surface area contributed by atoms with Crippen molar-refractivity contribution in [3.63, 3.8) is 0 Å². The molecule has 40 valence electrons. The van der Waals surface area contributed by atoms with Crippen LogP contribution >= 0.6 is 12.4 Å². The van der Waals surface area contributed by atoms with Gasteiger partial charge in [0.1, 0.15) is 0 Å². The van der Waals surface area contributed by atoms with Gasteiger partial charge >= 0.3 is 0 Å². The Bertz CT molecular complexity index is 112. The number of nitrogens with one attached hydrogen (secondary N) is 1. The van der Waals surface area contributed by atoms with Gasteiger partial charge < -0.3 is 4.98 Å². The van der Waals surface area contributed by atoms with Gasteiger partial charge in [-0.3, -0.25) is 0 Å². The summed E-state index contributed by atoms with van der Waals surface area (Å²) in [5.41, 5.74) is 1.29. The molecule has 0 aliphatic heterocycles. The first-order valence-electron chi connectivity index (χ1n) is 1.99. The fourth-order valence-corrected chi connectivity index (χ4v) is 0.407. The molecule has 0 aliphatic rings. The maximum Gasteiger partial charge on any atom is 0.00345 e. The third-order valence-corrected chi connectivity index (χ3v) is 0.753. The molecule has 1 rings (SSSR count). The second kappa shape index (κ2) is 2.69. The molecule has 0 bridgehead atoms. The van der Waals surface area contributed by atoms with Gasteiger partial charge in [-0.25, -0.2) is 0 Å². The Balaban J connectivity index is 0.000000360. The molecule has 1 nitrogen and oxygen atoms in total. The van der Waals surface area contributed by atoms with E-state index in [1.54, 1.807) is 0 Å². The maximum atomic E-state index is 2.93. The van der Waals surface area contributed by atoms with Gasteiger partial charge in [0.2, 0.25) is 0 Å². The molecule has 1 aromatic heterocycles. The Hall–Kier alpha value is -0.430. The van der Waals surface area contributed by atoms with Crippen molar-refractivity contribution < 1.29 is 0 Å². The molecule has 2 heteroatoms. The molecule has 7 heavy (non-hydrogen) atoms. The first-order chi connectivity index (χ1) is 2.89. The Morgan fingerprint density at radius 3 is 2.43 bits per heavy atom. The van der Waals surface area contributed by atoms with Gasteiger partial charge in [0.05, 0.1) is 0 Å². The van der Waals surface area contributed by atoms with Gasteiger partial charge in [0.25, 0.3) is 0 Å². The normalized spacial score (nSPS) is 7.57. The van der Waals surface area contributed by atoms with E-state index in [2.05, 4.69) is 11.9 Å². The van der Waals surface area contributed by atoms with Crippen LogP contribution < -0.4 is 0 Å². The molecule has 0 saturated carbocycles. The molecule has 1 N–H and O–H groups in total. The Labute approximate surface area is 49.2 Å². The molecule has 0 unspecified atom stereocenters. The SMILES string of the molecule is Cc1cc[nH]c1.Cl. The highest BCUT2D eigenvalue weighted by Crippen LogP contribution is 1.88. The molecule has 0 aromatic carbocycles. The van der Waals surface area contributed by atoms with Gasteiger partial charge in [0.15, 0.2) is 0 Å². The number of hydrogen-bond donors (Lipinski definition) is 1. The summed E-state index contributed by atoms with van der Waals surface area (Å²) in [7, 11) is 0. The summed E-state index contributed by atoms with van der Waals surface area (Å²) in [5.74, 6) is 0. The number of hydrogen-bond acceptors (Lipinski definition) is 0. The average molecular weight is 118 g/mol. The lowest BCUT2D eigenvalue weighted by Crippen LogP contribution is -1.50. The zero-order chi connectivity index (χ0) is 4.41. The Kier molecular flexibility index (Phi) is 2.53. The predicted molar refractivity (Wildman–Crippen MR) is 32.8 cm³/mol. The van der Waals surface area contributed by atoms with E-state index >= 15 is 0 Å². The minimum atomic E-state index is 0. The second-order valence-corrected chi connectivity index (χ2v) is 1.39. The van der Waals surface area contributed by atoms with Crippen LogP contribution in [0.3, 0.4) is 0 Å². The van der Waals surface area contributed by atoms with Gasteiger partial charge in [0, 0.05) is 12.4 Å². The van der Waals surface area contributed by atoms with Crippen molar-refractivity contribution in [1.82, 2.24) is 4.98 Å². The van der Waals surface area contributed by atoms with E-state index in [0.717, 1.165) is 0 Å². The van der Waals surface area contributed by atoms with E-state index in [0.29, 0.717) is 0 Å². The lowest BCUT2D eigenvalue weighted by molar-refractivity contribution is 1.39. The standard InChI is InChI=1S/C5H7N.ClH/c1-5-2-3-6-4-5;/h2-4,6H,1H3;1H. The number of aryl methyl sites for hydroxylation is 1. The highest BCUT2D eigenvalue weighted by molar-refractivity contribution is 5.85.